The SMILES string of the molecule is CCNC(Cc1ccc(Br)s1)c1cccc(S(C)(=O)=O)c1. The molecule has 1 heterocycles. The summed E-state index contributed by atoms with van der Waals surface area (Å²) >= 11 is 5.18. The van der Waals surface area contributed by atoms with Crippen LogP contribution in [0, 0.1) is 0 Å². The molecule has 2 aromatic rings. The molecule has 0 fully saturated rings. The summed E-state index contributed by atoms with van der Waals surface area (Å²) in [6.45, 7) is 2.89. The Hall–Kier alpha value is -0.690. The van der Waals surface area contributed by atoms with E-state index < -0.39 is 9.84 Å². The molecule has 0 amide bonds. The number of benzene rings is 1. The van der Waals surface area contributed by atoms with E-state index in [1.165, 1.54) is 11.1 Å². The molecule has 1 N–H and O–H groups in total. The molecule has 2 rings (SSSR count). The number of thiophene rings is 1. The minimum absolute atomic E-state index is 0.113. The van der Waals surface area contributed by atoms with Gasteiger partial charge in [0, 0.05) is 23.6 Å². The highest BCUT2D eigenvalue weighted by molar-refractivity contribution is 9.11. The molecule has 0 saturated heterocycles. The van der Waals surface area contributed by atoms with Crippen molar-refractivity contribution in [1.29, 1.82) is 0 Å². The van der Waals surface area contributed by atoms with Gasteiger partial charge in [-0.3, -0.25) is 0 Å². The number of rotatable bonds is 6. The van der Waals surface area contributed by atoms with Crippen molar-refractivity contribution in [2.75, 3.05) is 12.8 Å². The first-order valence-corrected chi connectivity index (χ1v) is 10.2. The van der Waals surface area contributed by atoms with Gasteiger partial charge >= 0.3 is 0 Å². The highest BCUT2D eigenvalue weighted by Crippen LogP contribution is 2.27. The van der Waals surface area contributed by atoms with E-state index in [1.807, 2.05) is 12.1 Å². The van der Waals surface area contributed by atoms with Crippen LogP contribution in [-0.4, -0.2) is 21.2 Å². The lowest BCUT2D eigenvalue weighted by Gasteiger charge is -2.18. The van der Waals surface area contributed by atoms with Crippen molar-refractivity contribution >= 4 is 37.1 Å². The second-order valence-electron chi connectivity index (χ2n) is 4.86. The van der Waals surface area contributed by atoms with Crippen molar-refractivity contribution in [3.05, 3.63) is 50.6 Å². The fraction of sp³-hybridized carbons (Fsp3) is 0.333. The molecule has 21 heavy (non-hydrogen) atoms. The Morgan fingerprint density at radius 3 is 2.62 bits per heavy atom. The molecule has 6 heteroatoms. The minimum atomic E-state index is -3.18. The molecule has 0 aliphatic rings. The van der Waals surface area contributed by atoms with Crippen molar-refractivity contribution in [3.8, 4) is 0 Å². The molecule has 1 aromatic carbocycles. The third-order valence-electron chi connectivity index (χ3n) is 3.17. The van der Waals surface area contributed by atoms with Crippen LogP contribution in [0.15, 0.2) is 45.1 Å². The smallest absolute Gasteiger partial charge is 0.175 e. The Balaban J connectivity index is 2.29. The Labute approximate surface area is 138 Å². The van der Waals surface area contributed by atoms with Gasteiger partial charge in [0.15, 0.2) is 9.84 Å². The quantitative estimate of drug-likeness (QED) is 0.819. The molecule has 3 nitrogen and oxygen atoms in total. The monoisotopic (exact) mass is 387 g/mol. The van der Waals surface area contributed by atoms with Gasteiger partial charge in [-0.05, 0) is 52.3 Å². The molecule has 1 aromatic heterocycles. The Morgan fingerprint density at radius 1 is 1.29 bits per heavy atom. The second-order valence-corrected chi connectivity index (χ2v) is 9.43. The van der Waals surface area contributed by atoms with Crippen LogP contribution in [0.4, 0.5) is 0 Å². The van der Waals surface area contributed by atoms with E-state index in [1.54, 1.807) is 29.5 Å². The zero-order chi connectivity index (χ0) is 15.5. The fourth-order valence-electron chi connectivity index (χ4n) is 2.18. The zero-order valence-electron chi connectivity index (χ0n) is 12.0. The van der Waals surface area contributed by atoms with Crippen LogP contribution in [0.1, 0.15) is 23.4 Å². The minimum Gasteiger partial charge on any atom is -0.310 e. The lowest BCUT2D eigenvalue weighted by molar-refractivity contribution is 0.551. The summed E-state index contributed by atoms with van der Waals surface area (Å²) in [5.74, 6) is 0. The molecular formula is C15H18BrNO2S2. The number of likely N-dealkylation sites (N-methyl/N-ethyl adjacent to an activating group) is 1. The predicted molar refractivity (Wildman–Crippen MR) is 91.7 cm³/mol. The van der Waals surface area contributed by atoms with Crippen LogP contribution in [-0.2, 0) is 16.3 Å². The predicted octanol–water partition coefficient (Wildman–Crippen LogP) is 3.81. The maximum atomic E-state index is 11.7. The van der Waals surface area contributed by atoms with E-state index in [9.17, 15) is 8.42 Å². The van der Waals surface area contributed by atoms with Gasteiger partial charge in [-0.15, -0.1) is 11.3 Å². The van der Waals surface area contributed by atoms with Gasteiger partial charge in [0.05, 0.1) is 8.68 Å². The van der Waals surface area contributed by atoms with Gasteiger partial charge in [0.1, 0.15) is 0 Å². The van der Waals surface area contributed by atoms with Crippen LogP contribution >= 0.6 is 27.3 Å². The van der Waals surface area contributed by atoms with E-state index in [4.69, 9.17) is 0 Å². The molecule has 0 spiro atoms. The van der Waals surface area contributed by atoms with Crippen LogP contribution in [0.3, 0.4) is 0 Å². The van der Waals surface area contributed by atoms with Crippen LogP contribution < -0.4 is 5.32 Å². The van der Waals surface area contributed by atoms with Crippen molar-refractivity contribution < 1.29 is 8.42 Å². The lowest BCUT2D eigenvalue weighted by atomic mass is 10.0. The first kappa shape index (κ1) is 16.7. The summed E-state index contributed by atoms with van der Waals surface area (Å²) in [4.78, 5) is 1.63. The topological polar surface area (TPSA) is 46.2 Å². The lowest BCUT2D eigenvalue weighted by Crippen LogP contribution is -2.22. The Kier molecular flexibility index (Phi) is 5.60. The first-order chi connectivity index (χ1) is 9.90. The number of nitrogens with one attached hydrogen (secondary N) is 1. The number of sulfone groups is 1. The molecule has 114 valence electrons. The highest BCUT2D eigenvalue weighted by atomic mass is 79.9. The van der Waals surface area contributed by atoms with Gasteiger partial charge in [0.25, 0.3) is 0 Å². The summed E-state index contributed by atoms with van der Waals surface area (Å²) in [6.07, 6.45) is 2.09. The third kappa shape index (κ3) is 4.64. The highest BCUT2D eigenvalue weighted by Gasteiger charge is 2.15. The molecule has 1 atom stereocenters. The molecule has 0 bridgehead atoms. The summed E-state index contributed by atoms with van der Waals surface area (Å²) in [7, 11) is -3.18. The van der Waals surface area contributed by atoms with Crippen molar-refractivity contribution in [2.45, 2.75) is 24.3 Å². The summed E-state index contributed by atoms with van der Waals surface area (Å²) in [5, 5.41) is 3.43. The van der Waals surface area contributed by atoms with Crippen LogP contribution in [0.25, 0.3) is 0 Å². The summed E-state index contributed by atoms with van der Waals surface area (Å²) < 4.78 is 24.5. The van der Waals surface area contributed by atoms with Gasteiger partial charge in [-0.2, -0.15) is 0 Å². The van der Waals surface area contributed by atoms with Crippen molar-refractivity contribution in [2.24, 2.45) is 0 Å². The van der Waals surface area contributed by atoms with Gasteiger partial charge in [-0.25, -0.2) is 8.42 Å². The van der Waals surface area contributed by atoms with Gasteiger partial charge in [0.2, 0.25) is 0 Å². The molecular weight excluding hydrogens is 370 g/mol. The maximum absolute atomic E-state index is 11.7. The largest absolute Gasteiger partial charge is 0.310 e. The summed E-state index contributed by atoms with van der Waals surface area (Å²) in [5.41, 5.74) is 1.00. The van der Waals surface area contributed by atoms with E-state index in [0.29, 0.717) is 4.90 Å². The molecule has 0 radical (unpaired) electrons. The average Bonchev–Trinajstić information content (AvgIpc) is 2.83. The molecule has 1 unspecified atom stereocenters. The van der Waals surface area contributed by atoms with E-state index in [0.717, 1.165) is 22.3 Å². The average molecular weight is 388 g/mol. The van der Waals surface area contributed by atoms with Crippen molar-refractivity contribution in [3.63, 3.8) is 0 Å². The van der Waals surface area contributed by atoms with Gasteiger partial charge < -0.3 is 5.32 Å². The second kappa shape index (κ2) is 7.05. The fourth-order valence-corrected chi connectivity index (χ4v) is 4.38. The van der Waals surface area contributed by atoms with Crippen LogP contribution in [0.5, 0.6) is 0 Å². The maximum Gasteiger partial charge on any atom is 0.175 e. The van der Waals surface area contributed by atoms with Gasteiger partial charge in [-0.1, -0.05) is 19.1 Å². The molecule has 0 aliphatic heterocycles. The Morgan fingerprint density at radius 2 is 2.05 bits per heavy atom. The summed E-state index contributed by atoms with van der Waals surface area (Å²) in [6, 6.07) is 11.4. The number of halogens is 1. The van der Waals surface area contributed by atoms with Crippen molar-refractivity contribution in [1.82, 2.24) is 5.32 Å². The molecule has 0 saturated carbocycles. The number of hydrogen-bond acceptors (Lipinski definition) is 4. The Bertz CT molecular complexity index is 710. The number of hydrogen-bond donors (Lipinski definition) is 1. The normalized spacial score (nSPS) is 13.3. The first-order valence-electron chi connectivity index (χ1n) is 6.67. The van der Waals surface area contributed by atoms with Crippen LogP contribution in [0.2, 0.25) is 0 Å². The molecule has 0 aliphatic carbocycles. The standard InChI is InChI=1S/C15H18BrNO2S2/c1-3-17-14(10-12-7-8-15(16)20-12)11-5-4-6-13(9-11)21(2,18)19/h4-9,14,17H,3,10H2,1-2H3. The van der Waals surface area contributed by atoms with E-state index in [2.05, 4.69) is 34.2 Å². The van der Waals surface area contributed by atoms with E-state index >= 15 is 0 Å². The zero-order valence-corrected chi connectivity index (χ0v) is 15.2. The van der Waals surface area contributed by atoms with E-state index in [-0.39, 0.29) is 6.04 Å². The third-order valence-corrected chi connectivity index (χ3v) is 5.93.